The van der Waals surface area contributed by atoms with E-state index in [2.05, 4.69) is 30.6 Å². The van der Waals surface area contributed by atoms with E-state index in [1.165, 1.54) is 12.8 Å². The first-order chi connectivity index (χ1) is 10.3. The molecule has 1 aliphatic carbocycles. The molecule has 0 saturated heterocycles. The van der Waals surface area contributed by atoms with Crippen molar-refractivity contribution in [3.8, 4) is 0 Å². The van der Waals surface area contributed by atoms with Crippen molar-refractivity contribution >= 4 is 22.9 Å². The second-order valence-electron chi connectivity index (χ2n) is 5.75. The molecule has 1 aliphatic rings. The molecule has 3 rings (SSSR count). The number of aromatic nitrogens is 4. The first-order valence-corrected chi connectivity index (χ1v) is 7.56. The van der Waals surface area contributed by atoms with Gasteiger partial charge in [0.25, 0.3) is 0 Å². The highest BCUT2D eigenvalue weighted by atomic mass is 16.3. The van der Waals surface area contributed by atoms with Crippen LogP contribution in [0.15, 0.2) is 6.33 Å². The SMILES string of the molecule is CCNc1nc(NCC2(CO)CCCC2)c2[nH]cnc2n1. The number of aliphatic hydroxyl groups is 1. The maximum absolute atomic E-state index is 9.70. The Morgan fingerprint density at radius 1 is 1.29 bits per heavy atom. The van der Waals surface area contributed by atoms with Crippen LogP contribution in [0.1, 0.15) is 32.6 Å². The van der Waals surface area contributed by atoms with E-state index in [0.717, 1.165) is 37.3 Å². The van der Waals surface area contributed by atoms with E-state index in [4.69, 9.17) is 0 Å². The first-order valence-electron chi connectivity index (χ1n) is 7.56. The van der Waals surface area contributed by atoms with E-state index in [1.54, 1.807) is 6.33 Å². The number of fused-ring (bicyclic) bond motifs is 1. The zero-order valence-electron chi connectivity index (χ0n) is 12.3. The first kappa shape index (κ1) is 14.1. The monoisotopic (exact) mass is 290 g/mol. The quantitative estimate of drug-likeness (QED) is 0.647. The van der Waals surface area contributed by atoms with Crippen LogP contribution in [0, 0.1) is 5.41 Å². The van der Waals surface area contributed by atoms with Gasteiger partial charge < -0.3 is 20.7 Å². The predicted octanol–water partition coefficient (Wildman–Crippen LogP) is 1.75. The predicted molar refractivity (Wildman–Crippen MR) is 82.3 cm³/mol. The van der Waals surface area contributed by atoms with Gasteiger partial charge in [-0.2, -0.15) is 9.97 Å². The zero-order valence-corrected chi connectivity index (χ0v) is 12.3. The minimum absolute atomic E-state index is 0.0182. The van der Waals surface area contributed by atoms with Gasteiger partial charge in [0.05, 0.1) is 12.9 Å². The average molecular weight is 290 g/mol. The van der Waals surface area contributed by atoms with Gasteiger partial charge in [-0.3, -0.25) is 0 Å². The molecule has 4 N–H and O–H groups in total. The number of rotatable bonds is 6. The largest absolute Gasteiger partial charge is 0.396 e. The van der Waals surface area contributed by atoms with Crippen molar-refractivity contribution in [1.29, 1.82) is 0 Å². The molecule has 2 heterocycles. The van der Waals surface area contributed by atoms with Crippen molar-refractivity contribution in [3.05, 3.63) is 6.33 Å². The summed E-state index contributed by atoms with van der Waals surface area (Å²) in [5, 5.41) is 16.2. The molecule has 0 amide bonds. The average Bonchev–Trinajstić information content (AvgIpc) is 3.15. The van der Waals surface area contributed by atoms with Gasteiger partial charge in [0.2, 0.25) is 5.95 Å². The summed E-state index contributed by atoms with van der Waals surface area (Å²) in [5.74, 6) is 1.32. The van der Waals surface area contributed by atoms with Gasteiger partial charge in [-0.15, -0.1) is 0 Å². The Morgan fingerprint density at radius 2 is 2.10 bits per heavy atom. The standard InChI is InChI=1S/C14H22N6O/c1-2-15-13-19-11(10-12(20-13)18-9-17-10)16-7-14(8-21)5-3-4-6-14/h9,21H,2-8H2,1H3,(H3,15,16,17,18,19,20). The lowest BCUT2D eigenvalue weighted by Gasteiger charge is -2.26. The summed E-state index contributed by atoms with van der Waals surface area (Å²) in [6.45, 7) is 3.71. The molecule has 7 nitrogen and oxygen atoms in total. The molecule has 1 fully saturated rings. The van der Waals surface area contributed by atoms with Gasteiger partial charge in [-0.05, 0) is 19.8 Å². The number of H-pyrrole nitrogens is 1. The normalized spacial score (nSPS) is 17.2. The number of imidazole rings is 1. The minimum atomic E-state index is -0.0182. The van der Waals surface area contributed by atoms with Crippen molar-refractivity contribution in [2.45, 2.75) is 32.6 Å². The van der Waals surface area contributed by atoms with Crippen LogP contribution < -0.4 is 10.6 Å². The number of aliphatic hydroxyl groups excluding tert-OH is 1. The second kappa shape index (κ2) is 5.85. The lowest BCUT2D eigenvalue weighted by Crippen LogP contribution is -2.31. The van der Waals surface area contributed by atoms with Crippen LogP contribution in [0.3, 0.4) is 0 Å². The molecule has 0 bridgehead atoms. The number of anilines is 2. The van der Waals surface area contributed by atoms with Gasteiger partial charge in [0.1, 0.15) is 5.52 Å². The van der Waals surface area contributed by atoms with Crippen LogP contribution in [-0.2, 0) is 0 Å². The van der Waals surface area contributed by atoms with Crippen LogP contribution >= 0.6 is 0 Å². The summed E-state index contributed by atoms with van der Waals surface area (Å²) in [6.07, 6.45) is 6.13. The van der Waals surface area contributed by atoms with E-state index >= 15 is 0 Å². The molecule has 0 aliphatic heterocycles. The van der Waals surface area contributed by atoms with Crippen LogP contribution in [0.25, 0.3) is 11.2 Å². The summed E-state index contributed by atoms with van der Waals surface area (Å²) in [5.41, 5.74) is 1.44. The molecular weight excluding hydrogens is 268 g/mol. The van der Waals surface area contributed by atoms with E-state index in [1.807, 2.05) is 6.92 Å². The highest BCUT2D eigenvalue weighted by molar-refractivity contribution is 5.83. The fraction of sp³-hybridized carbons (Fsp3) is 0.643. The van der Waals surface area contributed by atoms with Crippen molar-refractivity contribution in [1.82, 2.24) is 19.9 Å². The van der Waals surface area contributed by atoms with E-state index in [9.17, 15) is 5.11 Å². The molecule has 1 saturated carbocycles. The van der Waals surface area contributed by atoms with Crippen LogP contribution in [-0.4, -0.2) is 44.7 Å². The second-order valence-corrected chi connectivity index (χ2v) is 5.75. The number of hydrogen-bond acceptors (Lipinski definition) is 6. The highest BCUT2D eigenvalue weighted by Crippen LogP contribution is 2.37. The Bertz CT molecular complexity index is 605. The summed E-state index contributed by atoms with van der Waals surface area (Å²) in [7, 11) is 0. The molecule has 0 atom stereocenters. The molecule has 0 unspecified atom stereocenters. The maximum Gasteiger partial charge on any atom is 0.226 e. The summed E-state index contributed by atoms with van der Waals surface area (Å²) < 4.78 is 0. The number of nitrogens with zero attached hydrogens (tertiary/aromatic N) is 3. The summed E-state index contributed by atoms with van der Waals surface area (Å²) >= 11 is 0. The van der Waals surface area contributed by atoms with Crippen LogP contribution in [0.4, 0.5) is 11.8 Å². The molecule has 7 heteroatoms. The number of hydrogen-bond donors (Lipinski definition) is 4. The third-order valence-corrected chi connectivity index (χ3v) is 4.25. The highest BCUT2D eigenvalue weighted by Gasteiger charge is 2.33. The smallest absolute Gasteiger partial charge is 0.226 e. The van der Waals surface area contributed by atoms with Gasteiger partial charge >= 0.3 is 0 Å². The molecule has 21 heavy (non-hydrogen) atoms. The number of aromatic amines is 1. The van der Waals surface area contributed by atoms with Gasteiger partial charge in [-0.1, -0.05) is 12.8 Å². The van der Waals surface area contributed by atoms with Crippen LogP contribution in [0.2, 0.25) is 0 Å². The van der Waals surface area contributed by atoms with Crippen molar-refractivity contribution in [2.24, 2.45) is 5.41 Å². The molecular formula is C14H22N6O. The van der Waals surface area contributed by atoms with Gasteiger partial charge in [0, 0.05) is 18.5 Å². The molecule has 2 aromatic rings. The Morgan fingerprint density at radius 3 is 2.81 bits per heavy atom. The Balaban J connectivity index is 1.83. The third-order valence-electron chi connectivity index (χ3n) is 4.25. The molecule has 0 spiro atoms. The lowest BCUT2D eigenvalue weighted by atomic mass is 9.87. The van der Waals surface area contributed by atoms with Gasteiger partial charge in [0.15, 0.2) is 11.5 Å². The molecule has 0 aromatic carbocycles. The van der Waals surface area contributed by atoms with E-state index in [-0.39, 0.29) is 12.0 Å². The topological polar surface area (TPSA) is 98.8 Å². The Kier molecular flexibility index (Phi) is 3.92. The van der Waals surface area contributed by atoms with Crippen LogP contribution in [0.5, 0.6) is 0 Å². The Hall–Kier alpha value is -1.89. The number of nitrogens with one attached hydrogen (secondary N) is 3. The van der Waals surface area contributed by atoms with Crippen molar-refractivity contribution < 1.29 is 5.11 Å². The zero-order chi connectivity index (χ0) is 14.7. The van der Waals surface area contributed by atoms with Crippen molar-refractivity contribution in [2.75, 3.05) is 30.3 Å². The minimum Gasteiger partial charge on any atom is -0.396 e. The molecule has 2 aromatic heterocycles. The summed E-state index contributed by atoms with van der Waals surface area (Å²) in [4.78, 5) is 16.1. The van der Waals surface area contributed by atoms with Crippen molar-refractivity contribution in [3.63, 3.8) is 0 Å². The molecule has 114 valence electrons. The Labute approximate surface area is 123 Å². The van der Waals surface area contributed by atoms with E-state index < -0.39 is 0 Å². The third kappa shape index (κ3) is 2.78. The van der Waals surface area contributed by atoms with E-state index in [0.29, 0.717) is 11.6 Å². The van der Waals surface area contributed by atoms with Gasteiger partial charge in [-0.25, -0.2) is 4.98 Å². The lowest BCUT2D eigenvalue weighted by molar-refractivity contribution is 0.142. The maximum atomic E-state index is 9.70. The fourth-order valence-electron chi connectivity index (χ4n) is 2.99. The molecule has 0 radical (unpaired) electrons. The fourth-order valence-corrected chi connectivity index (χ4v) is 2.99. The summed E-state index contributed by atoms with van der Waals surface area (Å²) in [6, 6.07) is 0.